The largest absolute Gasteiger partial charge is 0.478 e. The van der Waals surface area contributed by atoms with Crippen LogP contribution in [0.3, 0.4) is 0 Å². The number of fused-ring (bicyclic) bond motifs is 1. The molecule has 1 aliphatic heterocycles. The summed E-state index contributed by atoms with van der Waals surface area (Å²) in [7, 11) is 0. The number of hydrogen-bond donors (Lipinski definition) is 2. The van der Waals surface area contributed by atoms with E-state index in [1.807, 2.05) is 37.4 Å². The average Bonchev–Trinajstić information content (AvgIpc) is 3.12. The highest BCUT2D eigenvalue weighted by Crippen LogP contribution is 2.40. The number of benzene rings is 2. The molecule has 0 unspecified atom stereocenters. The zero-order valence-corrected chi connectivity index (χ0v) is 16.2. The van der Waals surface area contributed by atoms with Crippen molar-refractivity contribution in [2.24, 2.45) is 4.99 Å². The van der Waals surface area contributed by atoms with Gasteiger partial charge < -0.3 is 10.4 Å². The van der Waals surface area contributed by atoms with Crippen molar-refractivity contribution in [2.75, 3.05) is 5.32 Å². The molecule has 3 aromatic rings. The monoisotopic (exact) mass is 397 g/mol. The number of rotatable bonds is 3. The first kappa shape index (κ1) is 17.7. The first-order chi connectivity index (χ1) is 12.9. The van der Waals surface area contributed by atoms with Crippen LogP contribution in [0.25, 0.3) is 11.3 Å². The molecule has 5 nitrogen and oxygen atoms in total. The van der Waals surface area contributed by atoms with E-state index in [4.69, 9.17) is 16.6 Å². The van der Waals surface area contributed by atoms with E-state index < -0.39 is 11.5 Å². The third-order valence-corrected chi connectivity index (χ3v) is 5.61. The van der Waals surface area contributed by atoms with Crippen LogP contribution in [-0.2, 0) is 5.54 Å². The molecule has 2 heterocycles. The lowest BCUT2D eigenvalue weighted by Crippen LogP contribution is -2.29. The van der Waals surface area contributed by atoms with Crippen LogP contribution in [0.5, 0.6) is 0 Å². The van der Waals surface area contributed by atoms with Crippen molar-refractivity contribution in [3.8, 4) is 11.3 Å². The van der Waals surface area contributed by atoms with Crippen LogP contribution in [0.15, 0.2) is 52.8 Å². The van der Waals surface area contributed by atoms with Crippen LogP contribution in [-0.4, -0.2) is 21.9 Å². The molecule has 2 N–H and O–H groups in total. The van der Waals surface area contributed by atoms with E-state index in [0.717, 1.165) is 11.3 Å². The number of halogens is 1. The van der Waals surface area contributed by atoms with Gasteiger partial charge in [-0.3, -0.25) is 4.99 Å². The van der Waals surface area contributed by atoms with E-state index in [9.17, 15) is 9.90 Å². The molecule has 0 saturated heterocycles. The number of anilines is 1. The van der Waals surface area contributed by atoms with Crippen LogP contribution in [0.4, 0.5) is 5.69 Å². The molecule has 0 saturated carbocycles. The third kappa shape index (κ3) is 3.11. The summed E-state index contributed by atoms with van der Waals surface area (Å²) in [6.45, 7) is 4.05. The molecule has 2 aromatic carbocycles. The Kier molecular flexibility index (Phi) is 4.25. The van der Waals surface area contributed by atoms with Gasteiger partial charge in [0.2, 0.25) is 0 Å². The molecule has 0 fully saturated rings. The van der Waals surface area contributed by atoms with E-state index in [1.165, 1.54) is 11.3 Å². The fourth-order valence-corrected chi connectivity index (χ4v) is 4.13. The van der Waals surface area contributed by atoms with Gasteiger partial charge in [-0.15, -0.1) is 11.3 Å². The van der Waals surface area contributed by atoms with Crippen LogP contribution in [0.2, 0.25) is 5.02 Å². The van der Waals surface area contributed by atoms with Crippen molar-refractivity contribution in [2.45, 2.75) is 19.4 Å². The Morgan fingerprint density at radius 3 is 2.74 bits per heavy atom. The van der Waals surface area contributed by atoms with Crippen molar-refractivity contribution >= 4 is 40.4 Å². The van der Waals surface area contributed by atoms with Gasteiger partial charge in [0.05, 0.1) is 27.5 Å². The van der Waals surface area contributed by atoms with E-state index in [2.05, 4.69) is 10.3 Å². The Labute approximate surface area is 165 Å². The summed E-state index contributed by atoms with van der Waals surface area (Å²) in [4.78, 5) is 20.9. The Hall–Kier alpha value is -2.70. The Morgan fingerprint density at radius 2 is 1.96 bits per heavy atom. The molecule has 27 heavy (non-hydrogen) atoms. The first-order valence-electron chi connectivity index (χ1n) is 8.31. The van der Waals surface area contributed by atoms with Gasteiger partial charge in [-0.05, 0) is 26.0 Å². The minimum Gasteiger partial charge on any atom is -0.478 e. The number of carboxylic acids is 1. The van der Waals surface area contributed by atoms with Gasteiger partial charge in [-0.2, -0.15) is 0 Å². The lowest BCUT2D eigenvalue weighted by Gasteiger charge is -2.30. The Bertz CT molecular complexity index is 1090. The summed E-state index contributed by atoms with van der Waals surface area (Å²) in [5.41, 5.74) is 2.82. The lowest BCUT2D eigenvalue weighted by molar-refractivity contribution is 0.0697. The van der Waals surface area contributed by atoms with Gasteiger partial charge in [-0.25, -0.2) is 9.78 Å². The van der Waals surface area contributed by atoms with Crippen molar-refractivity contribution in [1.29, 1.82) is 0 Å². The maximum absolute atomic E-state index is 11.5. The summed E-state index contributed by atoms with van der Waals surface area (Å²) in [6.07, 6.45) is 0. The second kappa shape index (κ2) is 6.48. The van der Waals surface area contributed by atoms with Gasteiger partial charge >= 0.3 is 5.97 Å². The SMILES string of the molecule is CC1(C)N=C(c2nc(-c3ccccc3C(=O)O)cs2)Nc2c(Cl)cccc21. The first-order valence-corrected chi connectivity index (χ1v) is 9.57. The average molecular weight is 398 g/mol. The zero-order chi connectivity index (χ0) is 19.2. The number of aromatic carboxylic acids is 1. The number of aromatic nitrogens is 1. The molecule has 0 aliphatic carbocycles. The van der Waals surface area contributed by atoms with Crippen molar-refractivity contribution in [3.05, 3.63) is 69.0 Å². The maximum Gasteiger partial charge on any atom is 0.336 e. The molecular formula is C20H16ClN3O2S. The number of para-hydroxylation sites is 1. The molecule has 0 radical (unpaired) electrons. The topological polar surface area (TPSA) is 74.6 Å². The smallest absolute Gasteiger partial charge is 0.336 e. The highest BCUT2D eigenvalue weighted by Gasteiger charge is 2.31. The van der Waals surface area contributed by atoms with Gasteiger partial charge in [-0.1, -0.05) is 41.9 Å². The molecule has 0 bridgehead atoms. The van der Waals surface area contributed by atoms with Gasteiger partial charge in [0, 0.05) is 16.5 Å². The van der Waals surface area contributed by atoms with Crippen molar-refractivity contribution in [1.82, 2.24) is 4.98 Å². The van der Waals surface area contributed by atoms with Crippen molar-refractivity contribution < 1.29 is 9.90 Å². The number of nitrogens with zero attached hydrogens (tertiary/aromatic N) is 2. The second-order valence-electron chi connectivity index (χ2n) is 6.70. The minimum absolute atomic E-state index is 0.224. The number of amidine groups is 1. The van der Waals surface area contributed by atoms with Crippen LogP contribution < -0.4 is 5.32 Å². The van der Waals surface area contributed by atoms with Gasteiger partial charge in [0.25, 0.3) is 0 Å². The van der Waals surface area contributed by atoms with Crippen molar-refractivity contribution in [3.63, 3.8) is 0 Å². The number of hydrogen-bond acceptors (Lipinski definition) is 5. The standard InChI is InChI=1S/C20H16ClN3O2S/c1-20(2)13-8-5-9-14(21)16(13)23-17(24-20)18-22-15(10-27-18)11-6-3-4-7-12(11)19(25)26/h3-10H,1-2H3,(H,23,24)(H,25,26). The zero-order valence-electron chi connectivity index (χ0n) is 14.7. The molecular weight excluding hydrogens is 382 g/mol. The Morgan fingerprint density at radius 1 is 1.19 bits per heavy atom. The predicted octanol–water partition coefficient (Wildman–Crippen LogP) is 5.27. The van der Waals surface area contributed by atoms with Gasteiger partial charge in [0.1, 0.15) is 0 Å². The van der Waals surface area contributed by atoms with E-state index in [1.54, 1.807) is 24.3 Å². The summed E-state index contributed by atoms with van der Waals surface area (Å²) in [5.74, 6) is -0.347. The molecule has 7 heteroatoms. The molecule has 136 valence electrons. The fraction of sp³-hybridized carbons (Fsp3) is 0.150. The third-order valence-electron chi connectivity index (χ3n) is 4.45. The van der Waals surface area contributed by atoms with Crippen LogP contribution in [0, 0.1) is 0 Å². The summed E-state index contributed by atoms with van der Waals surface area (Å²) < 4.78 is 0. The second-order valence-corrected chi connectivity index (χ2v) is 7.96. The van der Waals surface area contributed by atoms with Crippen LogP contribution >= 0.6 is 22.9 Å². The Balaban J connectivity index is 1.76. The molecule has 0 amide bonds. The summed E-state index contributed by atoms with van der Waals surface area (Å²) in [5, 5.41) is 15.9. The minimum atomic E-state index is -0.977. The number of aliphatic imine (C=N–C) groups is 1. The number of carboxylic acid groups (broad SMARTS) is 1. The predicted molar refractivity (Wildman–Crippen MR) is 109 cm³/mol. The van der Waals surface area contributed by atoms with E-state index in [0.29, 0.717) is 27.1 Å². The summed E-state index contributed by atoms with van der Waals surface area (Å²) >= 11 is 7.79. The summed E-state index contributed by atoms with van der Waals surface area (Å²) in [6, 6.07) is 12.6. The maximum atomic E-state index is 11.5. The quantitative estimate of drug-likeness (QED) is 0.631. The number of thiazole rings is 1. The van der Waals surface area contributed by atoms with Crippen LogP contribution in [0.1, 0.15) is 34.8 Å². The van der Waals surface area contributed by atoms with E-state index in [-0.39, 0.29) is 5.56 Å². The highest BCUT2D eigenvalue weighted by atomic mass is 35.5. The molecule has 1 aliphatic rings. The molecule has 1 aromatic heterocycles. The lowest BCUT2D eigenvalue weighted by atomic mass is 9.91. The number of carbonyl (C=O) groups is 1. The molecule has 0 atom stereocenters. The van der Waals surface area contributed by atoms with Gasteiger partial charge in [0.15, 0.2) is 10.8 Å². The fourth-order valence-electron chi connectivity index (χ4n) is 3.15. The number of nitrogens with one attached hydrogen (secondary N) is 1. The molecule has 4 rings (SSSR count). The highest BCUT2D eigenvalue weighted by molar-refractivity contribution is 7.12. The normalized spacial score (nSPS) is 14.9. The van der Waals surface area contributed by atoms with E-state index >= 15 is 0 Å². The molecule has 0 spiro atoms.